The number of hydrogen-bond acceptors (Lipinski definition) is 12. The first-order valence-electron chi connectivity index (χ1n) is 8.10. The molecule has 0 aliphatic carbocycles. The summed E-state index contributed by atoms with van der Waals surface area (Å²) in [4.78, 5) is 33.7. The summed E-state index contributed by atoms with van der Waals surface area (Å²) in [6.07, 6.45) is -11.3. The van der Waals surface area contributed by atoms with Crippen molar-refractivity contribution in [2.45, 2.75) is 49.8 Å². The Morgan fingerprint density at radius 1 is 1.32 bits per heavy atom. The zero-order valence-corrected chi connectivity index (χ0v) is 19.1. The number of nitrogens with one attached hydrogen (secondary N) is 1. The van der Waals surface area contributed by atoms with Crippen molar-refractivity contribution in [3.8, 4) is 0 Å². The molecule has 7 unspecified atom stereocenters. The van der Waals surface area contributed by atoms with E-state index < -0.39 is 77.5 Å². The van der Waals surface area contributed by atoms with Gasteiger partial charge in [0.15, 0.2) is 0 Å². The van der Waals surface area contributed by atoms with Gasteiger partial charge in [-0.25, -0.2) is 8.98 Å². The summed E-state index contributed by atoms with van der Waals surface area (Å²) >= 11 is 0. The fourth-order valence-electron chi connectivity index (χ4n) is 2.31. The Morgan fingerprint density at radius 2 is 1.90 bits per heavy atom. The first kappa shape index (κ1) is 29.8. The molecular weight excluding hydrogens is 461 g/mol. The third-order valence-electron chi connectivity index (χ3n) is 3.69. The van der Waals surface area contributed by atoms with Crippen molar-refractivity contribution in [1.82, 2.24) is 5.32 Å². The average Bonchev–Trinajstić information content (AvgIpc) is 2.63. The zero-order chi connectivity index (χ0) is 23.2. The van der Waals surface area contributed by atoms with E-state index in [0.717, 1.165) is 6.92 Å². The molecule has 0 fully saturated rings. The number of carboxylic acid groups (broad SMARTS) is 1. The maximum absolute atomic E-state index is 11.4. The standard InChI is InChI=1S/C14H21NO14S.Na/c1-5(17)15-6(3-16)12(10(20)8(19)4-27-30(24,25)26)29-14-11(21)7(18)2-9(28-14)13(22)23;/h2-3,6-8,10-12,14,18-21H,4H2,1H3,(H,15,17)(H,22,23)(H,24,25,26);. The zero-order valence-electron chi connectivity index (χ0n) is 16.3. The average molecular weight is 482 g/mol. The van der Waals surface area contributed by atoms with Crippen molar-refractivity contribution in [3.05, 3.63) is 11.8 Å². The van der Waals surface area contributed by atoms with Crippen LogP contribution in [0.25, 0.3) is 0 Å². The maximum atomic E-state index is 11.4. The monoisotopic (exact) mass is 482 g/mol. The van der Waals surface area contributed by atoms with E-state index in [2.05, 4.69) is 4.18 Å². The topological polar surface area (TPSA) is 246 Å². The Hall–Kier alpha value is -1.18. The van der Waals surface area contributed by atoms with Gasteiger partial charge in [0.25, 0.3) is 0 Å². The third kappa shape index (κ3) is 9.46. The van der Waals surface area contributed by atoms with Crippen LogP contribution in [0, 0.1) is 0 Å². The summed E-state index contributed by atoms with van der Waals surface area (Å²) in [5.74, 6) is -3.29. The molecule has 0 aromatic heterocycles. The number of ether oxygens (including phenoxy) is 2. The summed E-state index contributed by atoms with van der Waals surface area (Å²) in [5.41, 5.74) is 0. The molecule has 0 aromatic rings. The Balaban J connectivity index is 0.00000900. The second-order valence-corrected chi connectivity index (χ2v) is 7.13. The van der Waals surface area contributed by atoms with Crippen molar-refractivity contribution < 1.29 is 66.5 Å². The molecule has 7 atom stereocenters. The predicted molar refractivity (Wildman–Crippen MR) is 96.4 cm³/mol. The molecule has 15 nitrogen and oxygen atoms in total. The predicted octanol–water partition coefficient (Wildman–Crippen LogP) is -4.72. The Kier molecular flexibility index (Phi) is 12.3. The van der Waals surface area contributed by atoms with E-state index in [4.69, 9.17) is 19.1 Å². The molecule has 173 valence electrons. The number of rotatable bonds is 11. The van der Waals surface area contributed by atoms with Gasteiger partial charge >= 0.3 is 16.4 Å². The number of carbonyl (C=O) groups excluding carboxylic acids is 2. The minimum Gasteiger partial charge on any atom is -0.475 e. The maximum Gasteiger partial charge on any atom is 0.397 e. The summed E-state index contributed by atoms with van der Waals surface area (Å²) in [6, 6.07) is -1.72. The van der Waals surface area contributed by atoms with Crippen molar-refractivity contribution in [1.29, 1.82) is 0 Å². The number of amides is 1. The van der Waals surface area contributed by atoms with Gasteiger partial charge in [0.1, 0.15) is 42.8 Å². The van der Waals surface area contributed by atoms with Crippen LogP contribution >= 0.6 is 0 Å². The summed E-state index contributed by atoms with van der Waals surface area (Å²) < 4.78 is 43.7. The number of carboxylic acids is 1. The molecule has 17 heteroatoms. The van der Waals surface area contributed by atoms with Crippen LogP contribution in [0.15, 0.2) is 11.8 Å². The van der Waals surface area contributed by atoms with Crippen molar-refractivity contribution >= 4 is 58.1 Å². The quantitative estimate of drug-likeness (QED) is 0.0830. The number of aliphatic hydroxyl groups excluding tert-OH is 4. The fourth-order valence-corrected chi connectivity index (χ4v) is 2.62. The van der Waals surface area contributed by atoms with E-state index in [9.17, 15) is 43.2 Å². The van der Waals surface area contributed by atoms with Crippen LogP contribution in [-0.4, -0.2) is 136 Å². The molecule has 0 aromatic carbocycles. The molecule has 0 saturated carbocycles. The number of aldehydes is 1. The fraction of sp³-hybridized carbons (Fsp3) is 0.643. The first-order valence-corrected chi connectivity index (χ1v) is 9.47. The van der Waals surface area contributed by atoms with Gasteiger partial charge in [-0.1, -0.05) is 0 Å². The van der Waals surface area contributed by atoms with Gasteiger partial charge in [-0.2, -0.15) is 8.42 Å². The Morgan fingerprint density at radius 3 is 2.35 bits per heavy atom. The van der Waals surface area contributed by atoms with Gasteiger partial charge in [0.2, 0.25) is 18.0 Å². The Bertz CT molecular complexity index is 773. The van der Waals surface area contributed by atoms with Crippen LogP contribution in [0.2, 0.25) is 0 Å². The van der Waals surface area contributed by atoms with Gasteiger partial charge in [-0.05, 0) is 6.08 Å². The minimum absolute atomic E-state index is 0. The number of carbonyl (C=O) groups is 3. The molecular formula is C14H21NNaO14S. The van der Waals surface area contributed by atoms with Crippen LogP contribution in [-0.2, 0) is 38.4 Å². The van der Waals surface area contributed by atoms with E-state index in [0.29, 0.717) is 6.08 Å². The second-order valence-electron chi connectivity index (χ2n) is 6.04. The smallest absolute Gasteiger partial charge is 0.397 e. The van der Waals surface area contributed by atoms with Gasteiger partial charge in [0.05, 0.1) is 6.61 Å². The molecule has 1 aliphatic rings. The number of hydrogen-bond donors (Lipinski definition) is 7. The second kappa shape index (κ2) is 12.8. The SMILES string of the molecule is CC(=O)NC(C=O)C(OC1OC(C(=O)O)=CC(O)C1O)C(O)C(O)COS(=O)(=O)O.[Na]. The first-order chi connectivity index (χ1) is 13.8. The summed E-state index contributed by atoms with van der Waals surface area (Å²) in [6.45, 7) is -0.221. The van der Waals surface area contributed by atoms with E-state index in [-0.39, 0.29) is 35.8 Å². The minimum atomic E-state index is -5.00. The number of aliphatic carboxylic acids is 1. The van der Waals surface area contributed by atoms with Crippen molar-refractivity contribution in [2.75, 3.05) is 6.61 Å². The van der Waals surface area contributed by atoms with Crippen LogP contribution < -0.4 is 5.32 Å². The van der Waals surface area contributed by atoms with E-state index in [1.54, 1.807) is 0 Å². The molecule has 1 amide bonds. The molecule has 31 heavy (non-hydrogen) atoms. The molecule has 0 saturated heterocycles. The van der Waals surface area contributed by atoms with Crippen molar-refractivity contribution in [2.24, 2.45) is 0 Å². The summed E-state index contributed by atoms with van der Waals surface area (Å²) in [5, 5.41) is 50.9. The van der Waals surface area contributed by atoms with Crippen LogP contribution in [0.1, 0.15) is 6.92 Å². The molecule has 7 N–H and O–H groups in total. The van der Waals surface area contributed by atoms with Crippen LogP contribution in [0.5, 0.6) is 0 Å². The van der Waals surface area contributed by atoms with E-state index >= 15 is 0 Å². The van der Waals surface area contributed by atoms with Gasteiger partial charge in [-0.15, -0.1) is 0 Å². The van der Waals surface area contributed by atoms with Gasteiger partial charge in [-0.3, -0.25) is 9.35 Å². The Labute approximate surface area is 197 Å². The van der Waals surface area contributed by atoms with Gasteiger partial charge in [0, 0.05) is 36.5 Å². The van der Waals surface area contributed by atoms with E-state index in [1.165, 1.54) is 0 Å². The van der Waals surface area contributed by atoms with Gasteiger partial charge < -0.3 is 45.1 Å². The largest absolute Gasteiger partial charge is 0.475 e. The molecule has 1 rings (SSSR count). The number of aliphatic hydroxyl groups is 4. The third-order valence-corrected chi connectivity index (χ3v) is 4.12. The molecule has 0 spiro atoms. The summed E-state index contributed by atoms with van der Waals surface area (Å²) in [7, 11) is -5.00. The normalized spacial score (nSPS) is 25.0. The molecule has 1 aliphatic heterocycles. The van der Waals surface area contributed by atoms with Crippen LogP contribution in [0.4, 0.5) is 0 Å². The molecule has 0 bridgehead atoms. The van der Waals surface area contributed by atoms with Crippen LogP contribution in [0.3, 0.4) is 0 Å². The molecule has 1 radical (unpaired) electrons. The molecule has 1 heterocycles. The van der Waals surface area contributed by atoms with Crippen molar-refractivity contribution in [3.63, 3.8) is 0 Å². The van der Waals surface area contributed by atoms with E-state index in [1.807, 2.05) is 5.32 Å².